The Hall–Kier alpha value is -0.870. The van der Waals surface area contributed by atoms with Crippen molar-refractivity contribution in [3.63, 3.8) is 0 Å². The molecule has 0 saturated heterocycles. The molecular weight excluding hydrogens is 282 g/mol. The molecule has 3 unspecified atom stereocenters. The van der Waals surface area contributed by atoms with E-state index in [-0.39, 0.29) is 12.1 Å². The third-order valence-electron chi connectivity index (χ3n) is 3.00. The van der Waals surface area contributed by atoms with Crippen molar-refractivity contribution < 1.29 is 9.90 Å². The SMILES string of the molecule is CC(NC(C)C(C)C(=O)O)c1cccc(Br)c1. The number of carboxylic acid groups (broad SMARTS) is 1. The van der Waals surface area contributed by atoms with Gasteiger partial charge in [0, 0.05) is 16.6 Å². The summed E-state index contributed by atoms with van der Waals surface area (Å²) in [4.78, 5) is 10.9. The van der Waals surface area contributed by atoms with E-state index in [1.807, 2.05) is 38.1 Å². The first-order valence-corrected chi connectivity index (χ1v) is 6.45. The van der Waals surface area contributed by atoms with Crippen molar-refractivity contribution in [2.45, 2.75) is 32.9 Å². The summed E-state index contributed by atoms with van der Waals surface area (Å²) >= 11 is 3.43. The van der Waals surface area contributed by atoms with E-state index in [4.69, 9.17) is 5.11 Å². The number of aliphatic carboxylic acids is 1. The van der Waals surface area contributed by atoms with Crippen molar-refractivity contribution in [1.29, 1.82) is 0 Å². The van der Waals surface area contributed by atoms with Crippen LogP contribution in [0.4, 0.5) is 0 Å². The maximum atomic E-state index is 10.9. The molecule has 1 aromatic rings. The Morgan fingerprint density at radius 2 is 2.00 bits per heavy atom. The van der Waals surface area contributed by atoms with Crippen LogP contribution in [0.1, 0.15) is 32.4 Å². The van der Waals surface area contributed by atoms with E-state index in [0.29, 0.717) is 0 Å². The lowest BCUT2D eigenvalue weighted by molar-refractivity contribution is -0.142. The zero-order valence-corrected chi connectivity index (χ0v) is 11.9. The second kappa shape index (κ2) is 6.17. The Morgan fingerprint density at radius 3 is 2.53 bits per heavy atom. The van der Waals surface area contributed by atoms with Crippen LogP contribution in [0.2, 0.25) is 0 Å². The highest BCUT2D eigenvalue weighted by Gasteiger charge is 2.20. The fourth-order valence-corrected chi connectivity index (χ4v) is 2.04. The van der Waals surface area contributed by atoms with Crippen molar-refractivity contribution in [2.24, 2.45) is 5.92 Å². The summed E-state index contributed by atoms with van der Waals surface area (Å²) in [5.41, 5.74) is 1.14. The number of hydrogen-bond acceptors (Lipinski definition) is 2. The molecule has 94 valence electrons. The van der Waals surface area contributed by atoms with Crippen molar-refractivity contribution in [2.75, 3.05) is 0 Å². The van der Waals surface area contributed by atoms with Crippen LogP contribution in [0.3, 0.4) is 0 Å². The zero-order valence-electron chi connectivity index (χ0n) is 10.3. The molecule has 1 rings (SSSR count). The van der Waals surface area contributed by atoms with Crippen LogP contribution in [0.25, 0.3) is 0 Å². The summed E-state index contributed by atoms with van der Waals surface area (Å²) in [6, 6.07) is 8.07. The van der Waals surface area contributed by atoms with Gasteiger partial charge in [-0.1, -0.05) is 35.0 Å². The highest BCUT2D eigenvalue weighted by molar-refractivity contribution is 9.10. The van der Waals surface area contributed by atoms with Gasteiger partial charge in [-0.3, -0.25) is 4.79 Å². The van der Waals surface area contributed by atoms with Crippen LogP contribution in [0.5, 0.6) is 0 Å². The average Bonchev–Trinajstić information content (AvgIpc) is 2.27. The first kappa shape index (κ1) is 14.2. The Balaban J connectivity index is 2.66. The highest BCUT2D eigenvalue weighted by Crippen LogP contribution is 2.19. The fourth-order valence-electron chi connectivity index (χ4n) is 1.62. The molecule has 0 spiro atoms. The predicted molar refractivity (Wildman–Crippen MR) is 72.0 cm³/mol. The quantitative estimate of drug-likeness (QED) is 0.878. The highest BCUT2D eigenvalue weighted by atomic mass is 79.9. The second-order valence-corrected chi connectivity index (χ2v) is 5.27. The van der Waals surface area contributed by atoms with Crippen LogP contribution < -0.4 is 5.32 Å². The van der Waals surface area contributed by atoms with E-state index in [9.17, 15) is 4.79 Å². The van der Waals surface area contributed by atoms with Crippen molar-refractivity contribution in [3.8, 4) is 0 Å². The molecule has 0 fully saturated rings. The van der Waals surface area contributed by atoms with Gasteiger partial charge in [-0.15, -0.1) is 0 Å². The number of hydrogen-bond donors (Lipinski definition) is 2. The lowest BCUT2D eigenvalue weighted by atomic mass is 10.0. The molecule has 0 bridgehead atoms. The number of carbonyl (C=O) groups is 1. The van der Waals surface area contributed by atoms with Gasteiger partial charge >= 0.3 is 5.97 Å². The van der Waals surface area contributed by atoms with E-state index in [0.717, 1.165) is 10.0 Å². The summed E-state index contributed by atoms with van der Waals surface area (Å²) in [7, 11) is 0. The molecule has 0 aromatic heterocycles. The third-order valence-corrected chi connectivity index (χ3v) is 3.49. The van der Waals surface area contributed by atoms with Crippen LogP contribution in [0.15, 0.2) is 28.7 Å². The van der Waals surface area contributed by atoms with Gasteiger partial charge in [0.15, 0.2) is 0 Å². The van der Waals surface area contributed by atoms with E-state index >= 15 is 0 Å². The first-order chi connectivity index (χ1) is 7.91. The summed E-state index contributed by atoms with van der Waals surface area (Å²) in [6.45, 7) is 5.65. The van der Waals surface area contributed by atoms with E-state index in [1.165, 1.54) is 0 Å². The normalized spacial score (nSPS) is 16.2. The largest absolute Gasteiger partial charge is 0.481 e. The van der Waals surface area contributed by atoms with Gasteiger partial charge in [0.25, 0.3) is 0 Å². The third kappa shape index (κ3) is 4.13. The smallest absolute Gasteiger partial charge is 0.307 e. The molecular formula is C13H18BrNO2. The Labute approximate surface area is 110 Å². The molecule has 2 N–H and O–H groups in total. The van der Waals surface area contributed by atoms with Gasteiger partial charge in [0.2, 0.25) is 0 Å². The maximum absolute atomic E-state index is 10.9. The zero-order chi connectivity index (χ0) is 13.0. The summed E-state index contributed by atoms with van der Waals surface area (Å²) < 4.78 is 1.03. The van der Waals surface area contributed by atoms with E-state index in [2.05, 4.69) is 21.2 Å². The van der Waals surface area contributed by atoms with Crippen LogP contribution in [-0.4, -0.2) is 17.1 Å². The monoisotopic (exact) mass is 299 g/mol. The number of rotatable bonds is 5. The van der Waals surface area contributed by atoms with Gasteiger partial charge in [-0.2, -0.15) is 0 Å². The Kier molecular flexibility index (Phi) is 5.15. The molecule has 0 radical (unpaired) electrons. The molecule has 0 heterocycles. The molecule has 0 amide bonds. The average molecular weight is 300 g/mol. The van der Waals surface area contributed by atoms with Crippen LogP contribution >= 0.6 is 15.9 Å². The molecule has 3 atom stereocenters. The fraction of sp³-hybridized carbons (Fsp3) is 0.462. The standard InChI is InChI=1S/C13H18BrNO2/c1-8(13(16)17)9(2)15-10(3)11-5-4-6-12(14)7-11/h4-10,15H,1-3H3,(H,16,17). The number of halogens is 1. The minimum Gasteiger partial charge on any atom is -0.481 e. The van der Waals surface area contributed by atoms with Gasteiger partial charge in [0.1, 0.15) is 0 Å². The first-order valence-electron chi connectivity index (χ1n) is 5.66. The van der Waals surface area contributed by atoms with Crippen molar-refractivity contribution in [3.05, 3.63) is 34.3 Å². The Bertz CT molecular complexity index is 395. The molecule has 0 saturated carbocycles. The van der Waals surface area contributed by atoms with E-state index < -0.39 is 11.9 Å². The van der Waals surface area contributed by atoms with Crippen molar-refractivity contribution >= 4 is 21.9 Å². The molecule has 4 heteroatoms. The lowest BCUT2D eigenvalue weighted by Gasteiger charge is -2.23. The van der Waals surface area contributed by atoms with Gasteiger partial charge < -0.3 is 10.4 Å². The number of carboxylic acids is 1. The molecule has 0 aliphatic rings. The molecule has 1 aromatic carbocycles. The minimum absolute atomic E-state index is 0.0681. The molecule has 0 aliphatic heterocycles. The number of benzene rings is 1. The number of nitrogens with one attached hydrogen (secondary N) is 1. The summed E-state index contributed by atoms with van der Waals surface area (Å²) in [5.74, 6) is -1.17. The van der Waals surface area contributed by atoms with Crippen LogP contribution in [-0.2, 0) is 4.79 Å². The lowest BCUT2D eigenvalue weighted by Crippen LogP contribution is -2.37. The van der Waals surface area contributed by atoms with Crippen molar-refractivity contribution in [1.82, 2.24) is 5.32 Å². The van der Waals surface area contributed by atoms with Gasteiger partial charge in [0.05, 0.1) is 5.92 Å². The van der Waals surface area contributed by atoms with Gasteiger partial charge in [-0.05, 0) is 31.5 Å². The predicted octanol–water partition coefficient (Wildman–Crippen LogP) is 3.21. The van der Waals surface area contributed by atoms with E-state index in [1.54, 1.807) is 6.92 Å². The maximum Gasteiger partial charge on any atom is 0.307 e. The molecule has 3 nitrogen and oxygen atoms in total. The Morgan fingerprint density at radius 1 is 1.35 bits per heavy atom. The summed E-state index contributed by atoms with van der Waals surface area (Å²) in [5, 5.41) is 12.2. The molecule has 17 heavy (non-hydrogen) atoms. The topological polar surface area (TPSA) is 49.3 Å². The van der Waals surface area contributed by atoms with Gasteiger partial charge in [-0.25, -0.2) is 0 Å². The minimum atomic E-state index is -0.772. The molecule has 0 aliphatic carbocycles. The van der Waals surface area contributed by atoms with Crippen LogP contribution in [0, 0.1) is 5.92 Å². The second-order valence-electron chi connectivity index (χ2n) is 4.36. The summed E-state index contributed by atoms with van der Waals surface area (Å²) in [6.07, 6.45) is 0.